The number of ketones is 2. The minimum absolute atomic E-state index is 0.221. The third-order valence-electron chi connectivity index (χ3n) is 4.26. The number of amides is 3. The third kappa shape index (κ3) is 2.08. The predicted octanol–water partition coefficient (Wildman–Crippen LogP) is -0.0562. The summed E-state index contributed by atoms with van der Waals surface area (Å²) in [5, 5.41) is 2.47. The zero-order valence-corrected chi connectivity index (χ0v) is 12.5. The number of nitrogens with one attached hydrogen (secondary N) is 1. The molecule has 0 saturated carbocycles. The van der Waals surface area contributed by atoms with Crippen LogP contribution in [0, 0.1) is 5.92 Å². The zero-order chi connectivity index (χ0) is 16.9. The number of rotatable bonds is 4. The molecule has 1 aromatic carbocycles. The van der Waals surface area contributed by atoms with Gasteiger partial charge in [-0.15, -0.1) is 0 Å². The average Bonchev–Trinajstić information content (AvgIpc) is 2.72. The number of imide groups is 1. The summed E-state index contributed by atoms with van der Waals surface area (Å²) in [4.78, 5) is 61.1. The summed E-state index contributed by atoms with van der Waals surface area (Å²) in [7, 11) is 0. The molecular weight excluding hydrogens is 300 g/mol. The standard InChI is InChI=1S/C16H14N2O5/c1-7(19)11(8(2)20)12-13(14(21)17-12)18-15(22)9-5-3-4-6-10(9)16(18)23/h3-6,11-13H,1-2H3,(H,17,21)/t12-,13-/m0/s1. The molecule has 1 aromatic rings. The van der Waals surface area contributed by atoms with Gasteiger partial charge < -0.3 is 5.32 Å². The fourth-order valence-electron chi connectivity index (χ4n) is 3.19. The van der Waals surface area contributed by atoms with Crippen LogP contribution >= 0.6 is 0 Å². The summed E-state index contributed by atoms with van der Waals surface area (Å²) >= 11 is 0. The molecule has 3 amide bonds. The number of hydrogen-bond donors (Lipinski definition) is 1. The molecule has 1 saturated heterocycles. The first-order chi connectivity index (χ1) is 10.8. The Labute approximate surface area is 131 Å². The van der Waals surface area contributed by atoms with E-state index in [1.165, 1.54) is 26.0 Å². The Hall–Kier alpha value is -2.83. The molecule has 0 aliphatic carbocycles. The number of Topliss-reactive ketones (excluding diaryl/α,β-unsaturated/α-hetero) is 2. The van der Waals surface area contributed by atoms with Crippen molar-refractivity contribution in [2.75, 3.05) is 0 Å². The fourth-order valence-corrected chi connectivity index (χ4v) is 3.19. The van der Waals surface area contributed by atoms with Crippen LogP contribution in [0.15, 0.2) is 24.3 Å². The summed E-state index contributed by atoms with van der Waals surface area (Å²) < 4.78 is 0. The molecule has 2 heterocycles. The van der Waals surface area contributed by atoms with E-state index < -0.39 is 47.3 Å². The Morgan fingerprint density at radius 3 is 1.87 bits per heavy atom. The van der Waals surface area contributed by atoms with Gasteiger partial charge in [0.05, 0.1) is 23.1 Å². The molecule has 0 bridgehead atoms. The van der Waals surface area contributed by atoms with Crippen LogP contribution in [0.1, 0.15) is 34.6 Å². The molecular formula is C16H14N2O5. The first kappa shape index (κ1) is 15.1. The number of nitrogens with zero attached hydrogens (tertiary/aromatic N) is 1. The maximum atomic E-state index is 12.5. The van der Waals surface area contributed by atoms with E-state index in [9.17, 15) is 24.0 Å². The number of β-lactam (4-membered cyclic amide) rings is 1. The second-order valence-corrected chi connectivity index (χ2v) is 5.70. The minimum atomic E-state index is -1.14. The maximum absolute atomic E-state index is 12.5. The van der Waals surface area contributed by atoms with Gasteiger partial charge in [-0.05, 0) is 26.0 Å². The molecule has 23 heavy (non-hydrogen) atoms. The van der Waals surface area contributed by atoms with Gasteiger partial charge in [0, 0.05) is 0 Å². The predicted molar refractivity (Wildman–Crippen MR) is 77.5 cm³/mol. The van der Waals surface area contributed by atoms with Gasteiger partial charge in [-0.25, -0.2) is 0 Å². The van der Waals surface area contributed by atoms with Gasteiger partial charge in [0.1, 0.15) is 17.6 Å². The number of carbonyl (C=O) groups is 5. The van der Waals surface area contributed by atoms with E-state index >= 15 is 0 Å². The lowest BCUT2D eigenvalue weighted by Crippen LogP contribution is -2.73. The van der Waals surface area contributed by atoms with E-state index in [0.29, 0.717) is 0 Å². The van der Waals surface area contributed by atoms with Crippen LogP contribution in [-0.4, -0.2) is 46.3 Å². The highest BCUT2D eigenvalue weighted by Gasteiger charge is 2.55. The van der Waals surface area contributed by atoms with Crippen LogP contribution in [0.4, 0.5) is 0 Å². The van der Waals surface area contributed by atoms with Gasteiger partial charge in [0.15, 0.2) is 0 Å². The largest absolute Gasteiger partial charge is 0.348 e. The Balaban J connectivity index is 1.97. The van der Waals surface area contributed by atoms with Crippen LogP contribution < -0.4 is 5.32 Å². The van der Waals surface area contributed by atoms with Gasteiger partial charge in [0.2, 0.25) is 5.91 Å². The minimum Gasteiger partial charge on any atom is -0.348 e. The molecule has 0 radical (unpaired) electrons. The van der Waals surface area contributed by atoms with Crippen molar-refractivity contribution in [1.29, 1.82) is 0 Å². The number of fused-ring (bicyclic) bond motifs is 1. The van der Waals surface area contributed by atoms with E-state index in [4.69, 9.17) is 0 Å². The van der Waals surface area contributed by atoms with Crippen LogP contribution in [0.25, 0.3) is 0 Å². The van der Waals surface area contributed by atoms with E-state index in [0.717, 1.165) is 4.90 Å². The highest BCUT2D eigenvalue weighted by Crippen LogP contribution is 2.31. The van der Waals surface area contributed by atoms with Crippen molar-refractivity contribution in [3.05, 3.63) is 35.4 Å². The second-order valence-electron chi connectivity index (χ2n) is 5.70. The van der Waals surface area contributed by atoms with Crippen LogP contribution in [0.2, 0.25) is 0 Å². The van der Waals surface area contributed by atoms with E-state index in [2.05, 4.69) is 5.32 Å². The van der Waals surface area contributed by atoms with Crippen LogP contribution in [0.5, 0.6) is 0 Å². The average molecular weight is 314 g/mol. The lowest BCUT2D eigenvalue weighted by atomic mass is 9.81. The molecule has 118 valence electrons. The molecule has 7 nitrogen and oxygen atoms in total. The molecule has 2 atom stereocenters. The first-order valence-corrected chi connectivity index (χ1v) is 7.12. The van der Waals surface area contributed by atoms with Crippen LogP contribution in [-0.2, 0) is 14.4 Å². The summed E-state index contributed by atoms with van der Waals surface area (Å²) in [5.41, 5.74) is 0.441. The molecule has 7 heteroatoms. The summed E-state index contributed by atoms with van der Waals surface area (Å²) in [6.45, 7) is 2.49. The molecule has 2 aliphatic heterocycles. The molecule has 3 rings (SSSR count). The van der Waals surface area contributed by atoms with Crippen molar-refractivity contribution in [2.24, 2.45) is 5.92 Å². The summed E-state index contributed by atoms with van der Waals surface area (Å²) in [5.74, 6) is -3.60. The SMILES string of the molecule is CC(=O)C(C(C)=O)[C@@H]1NC(=O)[C@H]1N1C(=O)c2ccccc2C1=O. The van der Waals surface area contributed by atoms with Gasteiger partial charge in [-0.3, -0.25) is 28.9 Å². The van der Waals surface area contributed by atoms with Gasteiger partial charge >= 0.3 is 0 Å². The monoisotopic (exact) mass is 314 g/mol. The molecule has 2 aliphatic rings. The Kier molecular flexibility index (Phi) is 3.35. The highest BCUT2D eigenvalue weighted by atomic mass is 16.2. The lowest BCUT2D eigenvalue weighted by molar-refractivity contribution is -0.142. The molecule has 1 N–H and O–H groups in total. The van der Waals surface area contributed by atoms with Gasteiger partial charge in [-0.1, -0.05) is 12.1 Å². The Bertz CT molecular complexity index is 720. The summed E-state index contributed by atoms with van der Waals surface area (Å²) in [6, 6.07) is 4.25. The van der Waals surface area contributed by atoms with Crippen molar-refractivity contribution < 1.29 is 24.0 Å². The van der Waals surface area contributed by atoms with E-state index in [-0.39, 0.29) is 11.1 Å². The van der Waals surface area contributed by atoms with Crippen molar-refractivity contribution in [1.82, 2.24) is 10.2 Å². The number of benzene rings is 1. The number of carbonyl (C=O) groups excluding carboxylic acids is 5. The van der Waals surface area contributed by atoms with Crippen molar-refractivity contribution in [3.63, 3.8) is 0 Å². The van der Waals surface area contributed by atoms with Crippen molar-refractivity contribution in [2.45, 2.75) is 25.9 Å². The van der Waals surface area contributed by atoms with E-state index in [1.54, 1.807) is 12.1 Å². The Morgan fingerprint density at radius 1 is 1.00 bits per heavy atom. The molecule has 0 spiro atoms. The third-order valence-corrected chi connectivity index (χ3v) is 4.26. The molecule has 0 unspecified atom stereocenters. The Morgan fingerprint density at radius 2 is 1.48 bits per heavy atom. The maximum Gasteiger partial charge on any atom is 0.262 e. The normalized spacial score (nSPS) is 22.7. The summed E-state index contributed by atoms with van der Waals surface area (Å²) in [6.07, 6.45) is 0. The smallest absolute Gasteiger partial charge is 0.262 e. The first-order valence-electron chi connectivity index (χ1n) is 7.12. The highest BCUT2D eigenvalue weighted by molar-refractivity contribution is 6.23. The van der Waals surface area contributed by atoms with E-state index in [1.807, 2.05) is 0 Å². The molecule has 1 fully saturated rings. The second kappa shape index (κ2) is 5.12. The van der Waals surface area contributed by atoms with Crippen molar-refractivity contribution in [3.8, 4) is 0 Å². The van der Waals surface area contributed by atoms with Gasteiger partial charge in [0.25, 0.3) is 11.8 Å². The zero-order valence-electron chi connectivity index (χ0n) is 12.5. The topological polar surface area (TPSA) is 101 Å². The molecule has 0 aromatic heterocycles. The fraction of sp³-hybridized carbons (Fsp3) is 0.312. The van der Waals surface area contributed by atoms with Crippen molar-refractivity contribution >= 4 is 29.3 Å². The lowest BCUT2D eigenvalue weighted by Gasteiger charge is -2.43. The van der Waals surface area contributed by atoms with Gasteiger partial charge in [-0.2, -0.15) is 0 Å². The quantitative estimate of drug-likeness (QED) is 0.477. The number of hydrogen-bond acceptors (Lipinski definition) is 5. The van der Waals surface area contributed by atoms with Crippen LogP contribution in [0.3, 0.4) is 0 Å².